The molecule has 0 spiro atoms. The highest BCUT2D eigenvalue weighted by Crippen LogP contribution is 2.34. The van der Waals surface area contributed by atoms with Gasteiger partial charge in [-0.15, -0.1) is 0 Å². The van der Waals surface area contributed by atoms with Crippen molar-refractivity contribution in [1.82, 2.24) is 5.32 Å². The van der Waals surface area contributed by atoms with Gasteiger partial charge in [0.2, 0.25) is 0 Å². The monoisotopic (exact) mass is 299 g/mol. The predicted molar refractivity (Wildman–Crippen MR) is 85.6 cm³/mol. The molecule has 1 fully saturated rings. The van der Waals surface area contributed by atoms with E-state index in [2.05, 4.69) is 17.4 Å². The van der Waals surface area contributed by atoms with Crippen molar-refractivity contribution < 1.29 is 4.79 Å². The third-order valence-electron chi connectivity index (χ3n) is 3.89. The molecule has 1 N–H and O–H groups in total. The number of carbonyl (C=O) groups is 1. The summed E-state index contributed by atoms with van der Waals surface area (Å²) < 4.78 is 0. The number of halogens is 1. The van der Waals surface area contributed by atoms with Crippen molar-refractivity contribution in [3.8, 4) is 0 Å². The molecule has 1 amide bonds. The molecule has 1 saturated carbocycles. The van der Waals surface area contributed by atoms with Crippen LogP contribution in [-0.4, -0.2) is 11.9 Å². The van der Waals surface area contributed by atoms with Crippen LogP contribution in [0.3, 0.4) is 0 Å². The average Bonchev–Trinajstić information content (AvgIpc) is 3.32. The van der Waals surface area contributed by atoms with Crippen molar-refractivity contribution in [2.75, 3.05) is 0 Å². The lowest BCUT2D eigenvalue weighted by Gasteiger charge is -2.18. The molecule has 3 rings (SSSR count). The first kappa shape index (κ1) is 14.2. The lowest BCUT2D eigenvalue weighted by molar-refractivity contribution is 0.0932. The highest BCUT2D eigenvalue weighted by atomic mass is 35.5. The maximum absolute atomic E-state index is 12.4. The minimum absolute atomic E-state index is 0.0367. The average molecular weight is 300 g/mol. The van der Waals surface area contributed by atoms with E-state index >= 15 is 0 Å². The van der Waals surface area contributed by atoms with Gasteiger partial charge in [-0.25, -0.2) is 0 Å². The SMILES string of the molecule is O=C(NC(Cc1ccccc1)C1CC1)c1cccc(Cl)c1. The molecule has 1 unspecified atom stereocenters. The molecular formula is C18H18ClNO. The van der Waals surface area contributed by atoms with Crippen LogP contribution in [0.4, 0.5) is 0 Å². The third kappa shape index (κ3) is 3.85. The van der Waals surface area contributed by atoms with Crippen molar-refractivity contribution in [3.63, 3.8) is 0 Å². The van der Waals surface area contributed by atoms with Crippen molar-refractivity contribution in [2.45, 2.75) is 25.3 Å². The number of amides is 1. The smallest absolute Gasteiger partial charge is 0.251 e. The summed E-state index contributed by atoms with van der Waals surface area (Å²) in [7, 11) is 0. The van der Waals surface area contributed by atoms with Crippen LogP contribution in [0.1, 0.15) is 28.8 Å². The Balaban J connectivity index is 1.69. The van der Waals surface area contributed by atoms with Gasteiger partial charge in [0.1, 0.15) is 0 Å². The van der Waals surface area contributed by atoms with Gasteiger partial charge in [0.25, 0.3) is 5.91 Å². The molecule has 1 atom stereocenters. The zero-order valence-electron chi connectivity index (χ0n) is 11.8. The summed E-state index contributed by atoms with van der Waals surface area (Å²) in [6.45, 7) is 0. The molecule has 3 heteroatoms. The van der Waals surface area contributed by atoms with Gasteiger partial charge in [-0.3, -0.25) is 4.79 Å². The molecule has 0 aliphatic heterocycles. The van der Waals surface area contributed by atoms with E-state index in [1.807, 2.05) is 18.2 Å². The van der Waals surface area contributed by atoms with Crippen LogP contribution >= 0.6 is 11.6 Å². The quantitative estimate of drug-likeness (QED) is 0.885. The maximum atomic E-state index is 12.4. The normalized spacial score (nSPS) is 15.5. The standard InChI is InChI=1S/C18H18ClNO/c19-16-8-4-7-15(12-16)18(21)20-17(14-9-10-14)11-13-5-2-1-3-6-13/h1-8,12,14,17H,9-11H2,(H,20,21). The molecular weight excluding hydrogens is 282 g/mol. The number of hydrogen-bond acceptors (Lipinski definition) is 1. The van der Waals surface area contributed by atoms with Crippen LogP contribution in [0.25, 0.3) is 0 Å². The van der Waals surface area contributed by atoms with Crippen LogP contribution in [0.2, 0.25) is 5.02 Å². The largest absolute Gasteiger partial charge is 0.349 e. The van der Waals surface area contributed by atoms with Gasteiger partial charge in [-0.05, 0) is 48.9 Å². The predicted octanol–water partition coefficient (Wildman–Crippen LogP) is 4.09. The molecule has 0 bridgehead atoms. The lowest BCUT2D eigenvalue weighted by Crippen LogP contribution is -2.38. The Morgan fingerprint density at radius 3 is 2.57 bits per heavy atom. The number of rotatable bonds is 5. The van der Waals surface area contributed by atoms with E-state index < -0.39 is 0 Å². The highest BCUT2D eigenvalue weighted by molar-refractivity contribution is 6.30. The second-order valence-electron chi connectivity index (χ2n) is 5.62. The molecule has 0 radical (unpaired) electrons. The van der Waals surface area contributed by atoms with E-state index in [1.165, 1.54) is 18.4 Å². The first-order valence-electron chi connectivity index (χ1n) is 7.33. The Morgan fingerprint density at radius 1 is 1.14 bits per heavy atom. The van der Waals surface area contributed by atoms with Crippen molar-refractivity contribution in [3.05, 3.63) is 70.7 Å². The Bertz CT molecular complexity index is 622. The summed E-state index contributed by atoms with van der Waals surface area (Å²) in [5.74, 6) is 0.568. The Kier molecular flexibility index (Phi) is 4.26. The second kappa shape index (κ2) is 6.31. The zero-order chi connectivity index (χ0) is 14.7. The fourth-order valence-corrected chi connectivity index (χ4v) is 2.77. The van der Waals surface area contributed by atoms with E-state index in [0.717, 1.165) is 6.42 Å². The third-order valence-corrected chi connectivity index (χ3v) is 4.13. The summed E-state index contributed by atoms with van der Waals surface area (Å²) in [5, 5.41) is 3.76. The Labute approximate surface area is 130 Å². The van der Waals surface area contributed by atoms with Crippen molar-refractivity contribution in [2.24, 2.45) is 5.92 Å². The molecule has 2 aromatic rings. The lowest BCUT2D eigenvalue weighted by atomic mass is 10.0. The Hall–Kier alpha value is -1.80. The summed E-state index contributed by atoms with van der Waals surface area (Å²) in [4.78, 5) is 12.4. The minimum Gasteiger partial charge on any atom is -0.349 e. The van der Waals surface area contributed by atoms with Gasteiger partial charge in [-0.1, -0.05) is 48.0 Å². The molecule has 2 nitrogen and oxygen atoms in total. The van der Waals surface area contributed by atoms with E-state index in [1.54, 1.807) is 24.3 Å². The fraction of sp³-hybridized carbons (Fsp3) is 0.278. The van der Waals surface area contributed by atoms with Crippen molar-refractivity contribution >= 4 is 17.5 Å². The maximum Gasteiger partial charge on any atom is 0.251 e. The molecule has 21 heavy (non-hydrogen) atoms. The van der Waals surface area contributed by atoms with Crippen LogP contribution < -0.4 is 5.32 Å². The van der Waals surface area contributed by atoms with E-state index in [9.17, 15) is 4.79 Å². The summed E-state index contributed by atoms with van der Waals surface area (Å²) >= 11 is 5.95. The van der Waals surface area contributed by atoms with Gasteiger partial charge in [0, 0.05) is 16.6 Å². The van der Waals surface area contributed by atoms with E-state index in [4.69, 9.17) is 11.6 Å². The van der Waals surface area contributed by atoms with E-state index in [-0.39, 0.29) is 11.9 Å². The van der Waals surface area contributed by atoms with Crippen molar-refractivity contribution in [1.29, 1.82) is 0 Å². The van der Waals surface area contributed by atoms with E-state index in [0.29, 0.717) is 16.5 Å². The summed E-state index contributed by atoms with van der Waals surface area (Å²) in [6, 6.07) is 17.6. The Morgan fingerprint density at radius 2 is 1.90 bits per heavy atom. The van der Waals surface area contributed by atoms with Gasteiger partial charge < -0.3 is 5.32 Å². The summed E-state index contributed by atoms with van der Waals surface area (Å²) in [5.41, 5.74) is 1.89. The number of hydrogen-bond donors (Lipinski definition) is 1. The van der Waals surface area contributed by atoms with Gasteiger partial charge in [0.15, 0.2) is 0 Å². The molecule has 1 aliphatic carbocycles. The topological polar surface area (TPSA) is 29.1 Å². The first-order chi connectivity index (χ1) is 10.2. The summed E-state index contributed by atoms with van der Waals surface area (Å²) in [6.07, 6.45) is 3.29. The van der Waals surface area contributed by atoms with Crippen LogP contribution in [0.15, 0.2) is 54.6 Å². The first-order valence-corrected chi connectivity index (χ1v) is 7.70. The van der Waals surface area contributed by atoms with Gasteiger partial charge in [0.05, 0.1) is 0 Å². The van der Waals surface area contributed by atoms with Crippen LogP contribution in [-0.2, 0) is 6.42 Å². The van der Waals surface area contributed by atoms with Gasteiger partial charge in [-0.2, -0.15) is 0 Å². The molecule has 0 heterocycles. The molecule has 0 saturated heterocycles. The highest BCUT2D eigenvalue weighted by Gasteiger charge is 2.32. The van der Waals surface area contributed by atoms with Gasteiger partial charge >= 0.3 is 0 Å². The van der Waals surface area contributed by atoms with Crippen LogP contribution in [0.5, 0.6) is 0 Å². The minimum atomic E-state index is -0.0367. The molecule has 2 aromatic carbocycles. The van der Waals surface area contributed by atoms with Crippen LogP contribution in [0, 0.1) is 5.92 Å². The second-order valence-corrected chi connectivity index (χ2v) is 6.05. The number of carbonyl (C=O) groups excluding carboxylic acids is 1. The molecule has 1 aliphatic rings. The molecule has 0 aromatic heterocycles. The molecule has 108 valence electrons. The number of nitrogens with one attached hydrogen (secondary N) is 1. The zero-order valence-corrected chi connectivity index (χ0v) is 12.5. The number of benzene rings is 2. The fourth-order valence-electron chi connectivity index (χ4n) is 2.58.